The summed E-state index contributed by atoms with van der Waals surface area (Å²) in [6, 6.07) is 15.5. The quantitative estimate of drug-likeness (QED) is 0.0911. The van der Waals surface area contributed by atoms with E-state index in [2.05, 4.69) is 0 Å². The van der Waals surface area contributed by atoms with Crippen LogP contribution in [0.1, 0.15) is 29.3 Å². The highest BCUT2D eigenvalue weighted by atomic mass is 32.1. The van der Waals surface area contributed by atoms with Crippen LogP contribution in [0.3, 0.4) is 0 Å². The Hall–Kier alpha value is -4.22. The number of rotatable bonds is 17. The van der Waals surface area contributed by atoms with Gasteiger partial charge in [-0.25, -0.2) is 0 Å². The van der Waals surface area contributed by atoms with Gasteiger partial charge in [0.2, 0.25) is 11.8 Å². The number of hydrogen-bond acceptors (Lipinski definition) is 8. The Kier molecular flexibility index (Phi) is 13.0. The standard InChI is InChI=1S/C31H37N3O7S/c1-4-41-19-6-17-32(30(35)15-11-24-8-12-26(13-9-24)34(37)38)23-31(36)33(22-27-7-5-20-42-27)18-16-25-10-14-28(39-2)29(21-25)40-3/h5,7-15,20-21H,4,6,16-19,22-23H2,1-3H3/b15-11+. The number of hydrogen-bond donors (Lipinski definition) is 0. The fourth-order valence-corrected chi connectivity index (χ4v) is 4.91. The van der Waals surface area contributed by atoms with Gasteiger partial charge in [-0.3, -0.25) is 19.7 Å². The van der Waals surface area contributed by atoms with Crippen molar-refractivity contribution in [2.75, 3.05) is 47.1 Å². The lowest BCUT2D eigenvalue weighted by Crippen LogP contribution is -2.43. The molecular formula is C31H37N3O7S. The molecule has 10 nitrogen and oxygen atoms in total. The summed E-state index contributed by atoms with van der Waals surface area (Å²) in [7, 11) is 3.17. The lowest BCUT2D eigenvalue weighted by molar-refractivity contribution is -0.384. The fraction of sp³-hybridized carbons (Fsp3) is 0.355. The molecule has 3 aromatic rings. The first-order valence-electron chi connectivity index (χ1n) is 13.6. The number of nitro benzene ring substituents is 1. The summed E-state index contributed by atoms with van der Waals surface area (Å²) in [6.45, 7) is 4.08. The van der Waals surface area contributed by atoms with Crippen molar-refractivity contribution in [1.82, 2.24) is 9.80 Å². The lowest BCUT2D eigenvalue weighted by atomic mass is 10.1. The second-order valence-electron chi connectivity index (χ2n) is 9.33. The van der Waals surface area contributed by atoms with E-state index in [9.17, 15) is 19.7 Å². The largest absolute Gasteiger partial charge is 0.493 e. The molecule has 2 amide bonds. The van der Waals surface area contributed by atoms with Crippen molar-refractivity contribution in [1.29, 1.82) is 0 Å². The molecule has 1 aromatic heterocycles. The van der Waals surface area contributed by atoms with Crippen molar-refractivity contribution in [2.24, 2.45) is 0 Å². The number of carbonyl (C=O) groups is 2. The lowest BCUT2D eigenvalue weighted by Gasteiger charge is -2.27. The average molecular weight is 596 g/mol. The molecule has 11 heteroatoms. The number of non-ortho nitro benzene ring substituents is 1. The molecule has 0 aliphatic rings. The number of methoxy groups -OCH3 is 2. The Morgan fingerprint density at radius 2 is 1.76 bits per heavy atom. The summed E-state index contributed by atoms with van der Waals surface area (Å²) in [4.78, 5) is 41.7. The van der Waals surface area contributed by atoms with E-state index in [1.807, 2.05) is 42.6 Å². The van der Waals surface area contributed by atoms with E-state index in [4.69, 9.17) is 14.2 Å². The van der Waals surface area contributed by atoms with Gasteiger partial charge in [0.15, 0.2) is 11.5 Å². The zero-order chi connectivity index (χ0) is 30.3. The van der Waals surface area contributed by atoms with Gasteiger partial charge in [-0.1, -0.05) is 12.1 Å². The summed E-state index contributed by atoms with van der Waals surface area (Å²) in [5, 5.41) is 12.9. The molecule has 0 spiro atoms. The molecule has 0 aliphatic heterocycles. The average Bonchev–Trinajstić information content (AvgIpc) is 3.52. The van der Waals surface area contributed by atoms with Crippen LogP contribution in [0.15, 0.2) is 66.1 Å². The molecule has 0 saturated carbocycles. The maximum absolute atomic E-state index is 13.7. The molecule has 0 unspecified atom stereocenters. The number of ether oxygens (including phenoxy) is 3. The third-order valence-electron chi connectivity index (χ3n) is 6.48. The van der Waals surface area contributed by atoms with Crippen LogP contribution in [0, 0.1) is 10.1 Å². The topological polar surface area (TPSA) is 111 Å². The number of thiophene rings is 1. The van der Waals surface area contributed by atoms with Crippen LogP contribution in [0.5, 0.6) is 11.5 Å². The monoisotopic (exact) mass is 595 g/mol. The van der Waals surface area contributed by atoms with Crippen LogP contribution >= 0.6 is 11.3 Å². The number of nitro groups is 1. The molecule has 0 N–H and O–H groups in total. The van der Waals surface area contributed by atoms with Gasteiger partial charge < -0.3 is 24.0 Å². The van der Waals surface area contributed by atoms with Crippen LogP contribution < -0.4 is 9.47 Å². The third kappa shape index (κ3) is 10.0. The van der Waals surface area contributed by atoms with Crippen LogP contribution in [-0.2, 0) is 27.3 Å². The van der Waals surface area contributed by atoms with Crippen molar-refractivity contribution in [3.05, 3.63) is 92.2 Å². The molecule has 2 aromatic carbocycles. The summed E-state index contributed by atoms with van der Waals surface area (Å²) in [5.74, 6) is 0.763. The SMILES string of the molecule is CCOCCCN(CC(=O)N(CCc1ccc(OC)c(OC)c1)Cc1cccs1)C(=O)/C=C/c1ccc([N+](=O)[O-])cc1. The van der Waals surface area contributed by atoms with E-state index < -0.39 is 4.92 Å². The van der Waals surface area contributed by atoms with Crippen LogP contribution in [0.2, 0.25) is 0 Å². The molecular weight excluding hydrogens is 558 g/mol. The van der Waals surface area contributed by atoms with Crippen molar-refractivity contribution >= 4 is 34.9 Å². The molecule has 1 heterocycles. The smallest absolute Gasteiger partial charge is 0.269 e. The highest BCUT2D eigenvalue weighted by Crippen LogP contribution is 2.28. The number of amides is 2. The molecule has 0 radical (unpaired) electrons. The molecule has 0 fully saturated rings. The molecule has 42 heavy (non-hydrogen) atoms. The summed E-state index contributed by atoms with van der Waals surface area (Å²) in [6.07, 6.45) is 4.15. The maximum Gasteiger partial charge on any atom is 0.269 e. The van der Waals surface area contributed by atoms with E-state index in [0.29, 0.717) is 62.8 Å². The second kappa shape index (κ2) is 16.9. The van der Waals surface area contributed by atoms with Crippen LogP contribution in [0.4, 0.5) is 5.69 Å². The zero-order valence-corrected chi connectivity index (χ0v) is 25.0. The van der Waals surface area contributed by atoms with Gasteiger partial charge in [0.1, 0.15) is 6.54 Å². The minimum atomic E-state index is -0.475. The summed E-state index contributed by atoms with van der Waals surface area (Å²) >= 11 is 1.57. The van der Waals surface area contributed by atoms with Gasteiger partial charge in [-0.05, 0) is 72.7 Å². The van der Waals surface area contributed by atoms with Crippen molar-refractivity contribution in [3.8, 4) is 11.5 Å². The van der Waals surface area contributed by atoms with E-state index in [1.54, 1.807) is 48.7 Å². The number of nitrogens with zero attached hydrogens (tertiary/aromatic N) is 3. The van der Waals surface area contributed by atoms with Crippen molar-refractivity contribution in [2.45, 2.75) is 26.3 Å². The van der Waals surface area contributed by atoms with E-state index in [-0.39, 0.29) is 24.0 Å². The van der Waals surface area contributed by atoms with Crippen LogP contribution in [-0.4, -0.2) is 73.6 Å². The number of carbonyl (C=O) groups excluding carboxylic acids is 2. The van der Waals surface area contributed by atoms with E-state index >= 15 is 0 Å². The van der Waals surface area contributed by atoms with Crippen molar-refractivity contribution in [3.63, 3.8) is 0 Å². The Labute approximate surface area is 250 Å². The minimum absolute atomic E-state index is 0.0273. The van der Waals surface area contributed by atoms with Gasteiger partial charge >= 0.3 is 0 Å². The Balaban J connectivity index is 1.74. The predicted octanol–water partition coefficient (Wildman–Crippen LogP) is 5.21. The van der Waals surface area contributed by atoms with Gasteiger partial charge in [0.25, 0.3) is 5.69 Å². The molecule has 0 bridgehead atoms. The predicted molar refractivity (Wildman–Crippen MR) is 163 cm³/mol. The first-order chi connectivity index (χ1) is 20.3. The zero-order valence-electron chi connectivity index (χ0n) is 24.2. The van der Waals surface area contributed by atoms with Gasteiger partial charge in [-0.15, -0.1) is 11.3 Å². The van der Waals surface area contributed by atoms with E-state index in [1.165, 1.54) is 23.1 Å². The van der Waals surface area contributed by atoms with Gasteiger partial charge in [0, 0.05) is 49.4 Å². The Morgan fingerprint density at radius 1 is 1.00 bits per heavy atom. The molecule has 0 saturated heterocycles. The fourth-order valence-electron chi connectivity index (χ4n) is 4.20. The van der Waals surface area contributed by atoms with Gasteiger partial charge in [-0.2, -0.15) is 0 Å². The number of benzene rings is 2. The molecule has 0 aliphatic carbocycles. The van der Waals surface area contributed by atoms with E-state index in [0.717, 1.165) is 10.4 Å². The first kappa shape index (κ1) is 32.3. The van der Waals surface area contributed by atoms with Gasteiger partial charge in [0.05, 0.1) is 25.7 Å². The minimum Gasteiger partial charge on any atom is -0.493 e. The first-order valence-corrected chi connectivity index (χ1v) is 14.5. The molecule has 0 atom stereocenters. The highest BCUT2D eigenvalue weighted by Gasteiger charge is 2.21. The highest BCUT2D eigenvalue weighted by molar-refractivity contribution is 7.09. The Bertz CT molecular complexity index is 1330. The summed E-state index contributed by atoms with van der Waals surface area (Å²) < 4.78 is 16.2. The normalized spacial score (nSPS) is 10.9. The molecule has 224 valence electrons. The third-order valence-corrected chi connectivity index (χ3v) is 7.34. The molecule has 3 rings (SSSR count). The maximum atomic E-state index is 13.7. The second-order valence-corrected chi connectivity index (χ2v) is 10.4. The summed E-state index contributed by atoms with van der Waals surface area (Å²) in [5.41, 5.74) is 1.61. The van der Waals surface area contributed by atoms with Crippen molar-refractivity contribution < 1.29 is 28.7 Å². The Morgan fingerprint density at radius 3 is 2.40 bits per heavy atom. The van der Waals surface area contributed by atoms with Crippen LogP contribution in [0.25, 0.3) is 6.08 Å².